The molecule has 7 nitrogen and oxygen atoms in total. The van der Waals surface area contributed by atoms with Crippen LogP contribution in [-0.2, 0) is 4.74 Å². The van der Waals surface area contributed by atoms with Gasteiger partial charge in [0, 0.05) is 20.2 Å². The highest BCUT2D eigenvalue weighted by molar-refractivity contribution is 5.35. The van der Waals surface area contributed by atoms with Gasteiger partial charge in [-0.1, -0.05) is 13.8 Å². The summed E-state index contributed by atoms with van der Waals surface area (Å²) in [4.78, 5) is 12.3. The average molecular weight is 269 g/mol. The molecule has 0 atom stereocenters. The molecular formula is C12H23N5O2. The molecule has 0 saturated heterocycles. The molecule has 1 aromatic heterocycles. The molecule has 1 rings (SSSR count). The summed E-state index contributed by atoms with van der Waals surface area (Å²) >= 11 is 0. The molecule has 0 amide bonds. The van der Waals surface area contributed by atoms with Crippen LogP contribution in [0.15, 0.2) is 0 Å². The summed E-state index contributed by atoms with van der Waals surface area (Å²) in [7, 11) is 3.27. The highest BCUT2D eigenvalue weighted by Gasteiger charge is 2.04. The van der Waals surface area contributed by atoms with E-state index in [1.807, 2.05) is 0 Å². The second-order valence-corrected chi connectivity index (χ2v) is 4.44. The molecule has 0 spiro atoms. The van der Waals surface area contributed by atoms with Crippen molar-refractivity contribution in [3.63, 3.8) is 0 Å². The molecule has 7 heteroatoms. The lowest BCUT2D eigenvalue weighted by Crippen LogP contribution is -2.14. The number of aromatic nitrogens is 3. The zero-order valence-electron chi connectivity index (χ0n) is 12.1. The quantitative estimate of drug-likeness (QED) is 0.656. The predicted molar refractivity (Wildman–Crippen MR) is 74.7 cm³/mol. The van der Waals surface area contributed by atoms with E-state index in [-0.39, 0.29) is 6.01 Å². The van der Waals surface area contributed by atoms with Crippen molar-refractivity contribution < 1.29 is 9.47 Å². The minimum absolute atomic E-state index is 0.280. The maximum atomic E-state index is 5.50. The molecular weight excluding hydrogens is 246 g/mol. The van der Waals surface area contributed by atoms with Crippen molar-refractivity contribution >= 4 is 11.9 Å². The van der Waals surface area contributed by atoms with Gasteiger partial charge in [0.2, 0.25) is 11.9 Å². The molecule has 2 N–H and O–H groups in total. The van der Waals surface area contributed by atoms with Gasteiger partial charge in [0.25, 0.3) is 0 Å². The van der Waals surface area contributed by atoms with E-state index in [2.05, 4.69) is 39.4 Å². The van der Waals surface area contributed by atoms with Crippen LogP contribution >= 0.6 is 0 Å². The molecule has 0 radical (unpaired) electrons. The lowest BCUT2D eigenvalue weighted by Gasteiger charge is -2.09. The van der Waals surface area contributed by atoms with Crippen molar-refractivity contribution in [3.05, 3.63) is 0 Å². The number of hydrogen-bond donors (Lipinski definition) is 2. The Bertz CT molecular complexity index is 351. The molecule has 1 heterocycles. The van der Waals surface area contributed by atoms with Crippen LogP contribution in [0.5, 0.6) is 6.01 Å². The fourth-order valence-electron chi connectivity index (χ4n) is 1.29. The van der Waals surface area contributed by atoms with Gasteiger partial charge in [-0.2, -0.15) is 15.0 Å². The van der Waals surface area contributed by atoms with Crippen molar-refractivity contribution in [1.82, 2.24) is 15.0 Å². The zero-order chi connectivity index (χ0) is 14.1. The van der Waals surface area contributed by atoms with E-state index in [1.165, 1.54) is 7.11 Å². The maximum Gasteiger partial charge on any atom is 0.322 e. The van der Waals surface area contributed by atoms with Gasteiger partial charge < -0.3 is 20.1 Å². The molecule has 0 fully saturated rings. The third-order valence-corrected chi connectivity index (χ3v) is 2.39. The summed E-state index contributed by atoms with van der Waals surface area (Å²) in [5, 5.41) is 5.93. The van der Waals surface area contributed by atoms with Gasteiger partial charge in [-0.25, -0.2) is 0 Å². The molecule has 0 aliphatic rings. The molecule has 0 saturated carbocycles. The molecule has 19 heavy (non-hydrogen) atoms. The lowest BCUT2D eigenvalue weighted by molar-refractivity contribution is 0.132. The Hall–Kier alpha value is -1.63. The molecule has 1 aromatic rings. The minimum atomic E-state index is 0.280. The Morgan fingerprint density at radius 3 is 2.47 bits per heavy atom. The van der Waals surface area contributed by atoms with Gasteiger partial charge in [-0.3, -0.25) is 0 Å². The molecule has 0 aromatic carbocycles. The van der Waals surface area contributed by atoms with Crippen LogP contribution in [0.2, 0.25) is 0 Å². The number of nitrogens with zero attached hydrogens (tertiary/aromatic N) is 3. The first-order valence-corrected chi connectivity index (χ1v) is 6.45. The Labute approximate surface area is 114 Å². The number of anilines is 2. The number of nitrogens with one attached hydrogen (secondary N) is 2. The van der Waals surface area contributed by atoms with Gasteiger partial charge in [0.05, 0.1) is 13.7 Å². The number of methoxy groups -OCH3 is 1. The van der Waals surface area contributed by atoms with E-state index in [1.54, 1.807) is 7.05 Å². The van der Waals surface area contributed by atoms with Crippen LogP contribution in [0.25, 0.3) is 0 Å². The summed E-state index contributed by atoms with van der Waals surface area (Å²) in [6.45, 7) is 6.40. The third-order valence-electron chi connectivity index (χ3n) is 2.39. The highest BCUT2D eigenvalue weighted by Crippen LogP contribution is 2.09. The number of ether oxygens (including phenoxy) is 2. The average Bonchev–Trinajstić information content (AvgIpc) is 2.41. The minimum Gasteiger partial charge on any atom is -0.467 e. The Morgan fingerprint density at radius 2 is 1.84 bits per heavy atom. The normalized spacial score (nSPS) is 10.6. The molecule has 0 unspecified atom stereocenters. The predicted octanol–water partition coefficient (Wildman–Crippen LogP) is 1.40. The third kappa shape index (κ3) is 6.19. The van der Waals surface area contributed by atoms with E-state index in [4.69, 9.17) is 9.47 Å². The van der Waals surface area contributed by atoms with Gasteiger partial charge in [-0.05, 0) is 12.3 Å². The van der Waals surface area contributed by atoms with Crippen molar-refractivity contribution in [2.24, 2.45) is 5.92 Å². The van der Waals surface area contributed by atoms with Crippen LogP contribution in [0.4, 0.5) is 11.9 Å². The molecule has 0 bridgehead atoms. The van der Waals surface area contributed by atoms with E-state index in [0.717, 1.165) is 13.0 Å². The van der Waals surface area contributed by atoms with E-state index in [9.17, 15) is 0 Å². The van der Waals surface area contributed by atoms with Gasteiger partial charge >= 0.3 is 6.01 Å². The van der Waals surface area contributed by atoms with Crippen LogP contribution in [0, 0.1) is 5.92 Å². The van der Waals surface area contributed by atoms with E-state index in [0.29, 0.717) is 31.0 Å². The standard InChI is InChI=1S/C12H23N5O2/c1-9(2)5-7-19-8-6-14-11-15-10(13-3)16-12(17-11)18-4/h9H,5-8H2,1-4H3,(H2,13,14,15,16,17). The van der Waals surface area contributed by atoms with Gasteiger partial charge in [-0.15, -0.1) is 0 Å². The summed E-state index contributed by atoms with van der Waals surface area (Å²) in [6.07, 6.45) is 1.07. The van der Waals surface area contributed by atoms with Crippen molar-refractivity contribution in [3.8, 4) is 6.01 Å². The van der Waals surface area contributed by atoms with Gasteiger partial charge in [0.1, 0.15) is 0 Å². The number of hydrogen-bond acceptors (Lipinski definition) is 7. The van der Waals surface area contributed by atoms with Gasteiger partial charge in [0.15, 0.2) is 0 Å². The molecule has 108 valence electrons. The lowest BCUT2D eigenvalue weighted by atomic mass is 10.1. The highest BCUT2D eigenvalue weighted by atomic mass is 16.5. The summed E-state index contributed by atoms with van der Waals surface area (Å²) in [6, 6.07) is 0.280. The maximum absolute atomic E-state index is 5.50. The second-order valence-electron chi connectivity index (χ2n) is 4.44. The smallest absolute Gasteiger partial charge is 0.322 e. The first-order valence-electron chi connectivity index (χ1n) is 6.45. The van der Waals surface area contributed by atoms with Crippen LogP contribution in [0.1, 0.15) is 20.3 Å². The fourth-order valence-corrected chi connectivity index (χ4v) is 1.29. The first kappa shape index (κ1) is 15.4. The van der Waals surface area contributed by atoms with Crippen molar-refractivity contribution in [2.75, 3.05) is 44.5 Å². The summed E-state index contributed by atoms with van der Waals surface area (Å²) < 4.78 is 10.5. The monoisotopic (exact) mass is 269 g/mol. The fraction of sp³-hybridized carbons (Fsp3) is 0.750. The largest absolute Gasteiger partial charge is 0.467 e. The molecule has 0 aliphatic carbocycles. The second kappa shape index (κ2) is 8.47. The van der Waals surface area contributed by atoms with Crippen LogP contribution in [0.3, 0.4) is 0 Å². The first-order chi connectivity index (χ1) is 9.15. The van der Waals surface area contributed by atoms with Crippen molar-refractivity contribution in [1.29, 1.82) is 0 Å². The number of rotatable bonds is 9. The van der Waals surface area contributed by atoms with E-state index >= 15 is 0 Å². The Kier molecular flexibility index (Phi) is 6.88. The zero-order valence-corrected chi connectivity index (χ0v) is 12.1. The Balaban J connectivity index is 2.32. The summed E-state index contributed by atoms with van der Waals surface area (Å²) in [5.41, 5.74) is 0. The summed E-state index contributed by atoms with van der Waals surface area (Å²) in [5.74, 6) is 1.61. The van der Waals surface area contributed by atoms with Crippen LogP contribution < -0.4 is 15.4 Å². The Morgan fingerprint density at radius 1 is 1.11 bits per heavy atom. The van der Waals surface area contributed by atoms with Crippen LogP contribution in [-0.4, -0.2) is 48.9 Å². The SMILES string of the molecule is CNc1nc(NCCOCCC(C)C)nc(OC)n1. The van der Waals surface area contributed by atoms with E-state index < -0.39 is 0 Å². The van der Waals surface area contributed by atoms with Crippen molar-refractivity contribution in [2.45, 2.75) is 20.3 Å². The molecule has 0 aliphatic heterocycles. The topological polar surface area (TPSA) is 81.2 Å².